The maximum atomic E-state index is 11.9. The van der Waals surface area contributed by atoms with Gasteiger partial charge in [-0.25, -0.2) is 4.79 Å². The molecule has 1 amide bonds. The average Bonchev–Trinajstić information content (AvgIpc) is 2.41. The topological polar surface area (TPSA) is 102 Å². The highest BCUT2D eigenvalue weighted by atomic mass is 16.6. The molecule has 1 rings (SSSR count). The van der Waals surface area contributed by atoms with Crippen LogP contribution in [-0.2, 0) is 4.74 Å². The van der Waals surface area contributed by atoms with Crippen LogP contribution in [0.25, 0.3) is 0 Å². The number of hydrogen-bond donors (Lipinski definition) is 1. The molecule has 1 aromatic rings. The Bertz CT molecular complexity index is 583. The molecule has 0 heterocycles. The lowest BCUT2D eigenvalue weighted by Crippen LogP contribution is -2.38. The van der Waals surface area contributed by atoms with Crippen molar-refractivity contribution in [3.8, 4) is 0 Å². The number of ether oxygens (including phenoxy) is 1. The highest BCUT2D eigenvalue weighted by molar-refractivity contribution is 5.75. The Morgan fingerprint density at radius 1 is 1.30 bits per heavy atom. The second-order valence-corrected chi connectivity index (χ2v) is 6.30. The maximum Gasteiger partial charge on any atom is 0.410 e. The van der Waals surface area contributed by atoms with Crippen molar-refractivity contribution in [3.63, 3.8) is 0 Å². The Balaban J connectivity index is 2.75. The van der Waals surface area contributed by atoms with Crippen molar-refractivity contribution >= 4 is 23.2 Å². The number of nitrogens with two attached hydrogens (primary N) is 1. The number of nitrogen functional groups attached to an aromatic ring is 1. The lowest BCUT2D eigenvalue weighted by Gasteiger charge is -2.27. The van der Waals surface area contributed by atoms with E-state index in [-0.39, 0.29) is 11.4 Å². The summed E-state index contributed by atoms with van der Waals surface area (Å²) in [5, 5.41) is 11.2. The van der Waals surface area contributed by atoms with Crippen molar-refractivity contribution < 1.29 is 14.5 Å². The molecule has 2 N–H and O–H groups in total. The maximum absolute atomic E-state index is 11.9. The fourth-order valence-corrected chi connectivity index (χ4v) is 1.91. The first-order valence-corrected chi connectivity index (χ1v) is 7.21. The summed E-state index contributed by atoms with van der Waals surface area (Å²) in [6, 6.07) is 4.77. The molecule has 23 heavy (non-hydrogen) atoms. The molecule has 0 bridgehead atoms. The van der Waals surface area contributed by atoms with Crippen LogP contribution < -0.4 is 10.6 Å². The number of carbonyl (C=O) groups is 1. The first kappa shape index (κ1) is 18.5. The van der Waals surface area contributed by atoms with Crippen LogP contribution in [0.15, 0.2) is 18.2 Å². The molecule has 0 aliphatic carbocycles. The van der Waals surface area contributed by atoms with E-state index in [1.54, 1.807) is 51.9 Å². The first-order valence-electron chi connectivity index (χ1n) is 7.21. The normalized spacial score (nSPS) is 11.0. The number of anilines is 2. The second kappa shape index (κ2) is 7.17. The summed E-state index contributed by atoms with van der Waals surface area (Å²) in [6.45, 7) is 6.14. The van der Waals surface area contributed by atoms with Crippen molar-refractivity contribution in [2.75, 3.05) is 37.8 Å². The highest BCUT2D eigenvalue weighted by Gasteiger charge is 2.22. The molecule has 8 nitrogen and oxygen atoms in total. The molecule has 1 aromatic carbocycles. The van der Waals surface area contributed by atoms with Crippen molar-refractivity contribution in [3.05, 3.63) is 28.3 Å². The quantitative estimate of drug-likeness (QED) is 0.507. The summed E-state index contributed by atoms with van der Waals surface area (Å²) < 4.78 is 5.26. The molecule has 0 radical (unpaired) electrons. The number of nitro groups is 1. The van der Waals surface area contributed by atoms with Gasteiger partial charge in [0, 0.05) is 27.2 Å². The third-order valence-electron chi connectivity index (χ3n) is 3.12. The van der Waals surface area contributed by atoms with Gasteiger partial charge in [0.2, 0.25) is 0 Å². The standard InChI is InChI=1S/C15H24N4O4/c1-15(2,3)23-14(20)18(5)10-9-17(4)12-8-6-7-11(16)13(12)19(21)22/h6-8H,9-10,16H2,1-5H3. The minimum Gasteiger partial charge on any atom is -0.444 e. The Hall–Kier alpha value is -2.51. The van der Waals surface area contributed by atoms with E-state index in [1.807, 2.05) is 0 Å². The van der Waals surface area contributed by atoms with Crippen LogP contribution in [0.4, 0.5) is 21.9 Å². The minimum absolute atomic E-state index is 0.111. The molecule has 0 saturated carbocycles. The van der Waals surface area contributed by atoms with Gasteiger partial charge in [-0.3, -0.25) is 10.1 Å². The molecule has 0 fully saturated rings. The molecule has 128 valence electrons. The highest BCUT2D eigenvalue weighted by Crippen LogP contribution is 2.32. The van der Waals surface area contributed by atoms with Gasteiger partial charge in [-0.05, 0) is 32.9 Å². The summed E-state index contributed by atoms with van der Waals surface area (Å²) in [6.07, 6.45) is -0.437. The van der Waals surface area contributed by atoms with Gasteiger partial charge in [-0.1, -0.05) is 6.07 Å². The fourth-order valence-electron chi connectivity index (χ4n) is 1.91. The van der Waals surface area contributed by atoms with E-state index in [4.69, 9.17) is 10.5 Å². The molecule has 0 aliphatic rings. The molecular formula is C15H24N4O4. The predicted octanol–water partition coefficient (Wildman–Crippen LogP) is 2.48. The van der Waals surface area contributed by atoms with Crippen LogP contribution in [0.3, 0.4) is 0 Å². The molecule has 0 unspecified atom stereocenters. The second-order valence-electron chi connectivity index (χ2n) is 6.30. The van der Waals surface area contributed by atoms with E-state index in [2.05, 4.69) is 0 Å². The zero-order chi connectivity index (χ0) is 17.8. The predicted molar refractivity (Wildman–Crippen MR) is 89.6 cm³/mol. The van der Waals surface area contributed by atoms with Crippen LogP contribution in [0.2, 0.25) is 0 Å². The zero-order valence-electron chi connectivity index (χ0n) is 14.2. The SMILES string of the molecule is CN(CCN(C)c1cccc(N)c1[N+](=O)[O-])C(=O)OC(C)(C)C. The Morgan fingerprint density at radius 2 is 1.91 bits per heavy atom. The van der Waals surface area contributed by atoms with Gasteiger partial charge in [-0.15, -0.1) is 0 Å². The lowest BCUT2D eigenvalue weighted by atomic mass is 10.2. The molecule has 8 heteroatoms. The van der Waals surface area contributed by atoms with Crippen LogP contribution in [0, 0.1) is 10.1 Å². The Kier molecular flexibility index (Phi) is 5.78. The van der Waals surface area contributed by atoms with E-state index in [1.165, 1.54) is 11.0 Å². The van der Waals surface area contributed by atoms with E-state index in [0.29, 0.717) is 18.8 Å². The molecule has 0 spiro atoms. The summed E-state index contributed by atoms with van der Waals surface area (Å²) in [7, 11) is 3.33. The monoisotopic (exact) mass is 324 g/mol. The number of rotatable bonds is 5. The third-order valence-corrected chi connectivity index (χ3v) is 3.12. The fraction of sp³-hybridized carbons (Fsp3) is 0.533. The largest absolute Gasteiger partial charge is 0.444 e. The van der Waals surface area contributed by atoms with E-state index in [9.17, 15) is 14.9 Å². The Labute approximate surface area is 136 Å². The Morgan fingerprint density at radius 3 is 2.43 bits per heavy atom. The number of hydrogen-bond acceptors (Lipinski definition) is 6. The van der Waals surface area contributed by atoms with Gasteiger partial charge in [0.05, 0.1) is 4.92 Å². The van der Waals surface area contributed by atoms with E-state index >= 15 is 0 Å². The van der Waals surface area contributed by atoms with Crippen molar-refractivity contribution in [2.24, 2.45) is 0 Å². The average molecular weight is 324 g/mol. The minimum atomic E-state index is -0.566. The number of amides is 1. The first-order chi connectivity index (χ1) is 10.5. The number of nitro benzene ring substituents is 1. The summed E-state index contributed by atoms with van der Waals surface area (Å²) in [5.41, 5.74) is 5.51. The summed E-state index contributed by atoms with van der Waals surface area (Å²) in [5.74, 6) is 0. The lowest BCUT2D eigenvalue weighted by molar-refractivity contribution is -0.383. The number of carbonyl (C=O) groups excluding carboxylic acids is 1. The van der Waals surface area contributed by atoms with Gasteiger partial charge < -0.3 is 20.3 Å². The number of likely N-dealkylation sites (N-methyl/N-ethyl adjacent to an activating group) is 2. The van der Waals surface area contributed by atoms with Crippen molar-refractivity contribution in [1.82, 2.24) is 4.90 Å². The van der Waals surface area contributed by atoms with Crippen LogP contribution >= 0.6 is 0 Å². The van der Waals surface area contributed by atoms with Gasteiger partial charge in [0.25, 0.3) is 0 Å². The van der Waals surface area contributed by atoms with E-state index in [0.717, 1.165) is 0 Å². The molecule has 0 aliphatic heterocycles. The van der Waals surface area contributed by atoms with Crippen LogP contribution in [0.5, 0.6) is 0 Å². The summed E-state index contributed by atoms with van der Waals surface area (Å²) >= 11 is 0. The molecule has 0 saturated heterocycles. The molecule has 0 aromatic heterocycles. The van der Waals surface area contributed by atoms with Gasteiger partial charge >= 0.3 is 11.8 Å². The molecule has 0 atom stereocenters. The smallest absolute Gasteiger partial charge is 0.410 e. The molecular weight excluding hydrogens is 300 g/mol. The zero-order valence-corrected chi connectivity index (χ0v) is 14.2. The number of benzene rings is 1. The van der Waals surface area contributed by atoms with Crippen LogP contribution in [0.1, 0.15) is 20.8 Å². The summed E-state index contributed by atoms with van der Waals surface area (Å²) in [4.78, 5) is 25.7. The number of nitrogens with zero attached hydrogens (tertiary/aromatic N) is 3. The van der Waals surface area contributed by atoms with Crippen molar-refractivity contribution in [2.45, 2.75) is 26.4 Å². The number of para-hydroxylation sites is 1. The van der Waals surface area contributed by atoms with E-state index < -0.39 is 16.6 Å². The van der Waals surface area contributed by atoms with Crippen LogP contribution in [-0.4, -0.2) is 48.7 Å². The van der Waals surface area contributed by atoms with Crippen molar-refractivity contribution in [1.29, 1.82) is 0 Å². The van der Waals surface area contributed by atoms with Gasteiger partial charge in [-0.2, -0.15) is 0 Å². The van der Waals surface area contributed by atoms with Gasteiger partial charge in [0.1, 0.15) is 17.0 Å². The third kappa shape index (κ3) is 5.32. The van der Waals surface area contributed by atoms with Gasteiger partial charge in [0.15, 0.2) is 0 Å².